The lowest BCUT2D eigenvalue weighted by Gasteiger charge is -2.21. The summed E-state index contributed by atoms with van der Waals surface area (Å²) in [7, 11) is 0. The minimum absolute atomic E-state index is 0.191. The van der Waals surface area contributed by atoms with Crippen LogP contribution in [-0.4, -0.2) is 20.6 Å². The molecule has 0 aliphatic rings. The van der Waals surface area contributed by atoms with Gasteiger partial charge in [0.15, 0.2) is 0 Å². The highest BCUT2D eigenvalue weighted by atomic mass is 16.3. The number of benzene rings is 2. The third-order valence-corrected chi connectivity index (χ3v) is 4.45. The lowest BCUT2D eigenvalue weighted by atomic mass is 10.2. The molecule has 0 bridgehead atoms. The van der Waals surface area contributed by atoms with E-state index in [2.05, 4.69) is 5.10 Å². The van der Waals surface area contributed by atoms with E-state index in [1.807, 2.05) is 54.6 Å². The molecule has 2 aromatic heterocycles. The van der Waals surface area contributed by atoms with E-state index in [4.69, 9.17) is 4.42 Å². The van der Waals surface area contributed by atoms with Crippen molar-refractivity contribution in [1.29, 1.82) is 0 Å². The van der Waals surface area contributed by atoms with Crippen molar-refractivity contribution in [2.75, 3.05) is 0 Å². The van der Waals surface area contributed by atoms with Crippen molar-refractivity contribution in [2.45, 2.75) is 13.1 Å². The van der Waals surface area contributed by atoms with Gasteiger partial charge in [0.1, 0.15) is 11.5 Å². The lowest BCUT2D eigenvalue weighted by molar-refractivity contribution is 0.0709. The van der Waals surface area contributed by atoms with E-state index < -0.39 is 0 Å². The van der Waals surface area contributed by atoms with E-state index in [1.54, 1.807) is 29.4 Å². The number of aromatic nitrogens is 2. The third kappa shape index (κ3) is 4.32. The van der Waals surface area contributed by atoms with Crippen molar-refractivity contribution >= 4 is 5.91 Å². The van der Waals surface area contributed by atoms with Crippen molar-refractivity contribution in [3.63, 3.8) is 0 Å². The van der Waals surface area contributed by atoms with Crippen LogP contribution in [0, 0.1) is 0 Å². The zero-order valence-electron chi connectivity index (χ0n) is 15.6. The fourth-order valence-electron chi connectivity index (χ4n) is 3.04. The Kier molecular flexibility index (Phi) is 5.33. The first-order valence-corrected chi connectivity index (χ1v) is 9.22. The molecule has 0 atom stereocenters. The number of hydrogen-bond donors (Lipinski definition) is 0. The summed E-state index contributed by atoms with van der Waals surface area (Å²) in [5.41, 5.74) is 1.49. The number of para-hydroxylation sites is 1. The Morgan fingerprint density at radius 3 is 2.28 bits per heavy atom. The van der Waals surface area contributed by atoms with Crippen LogP contribution in [0.1, 0.15) is 21.8 Å². The smallest absolute Gasteiger partial charge is 0.275 e. The predicted molar refractivity (Wildman–Crippen MR) is 109 cm³/mol. The standard InChI is InChI=1S/C23H19N3O3/c27-22-14-13-21(24-26(22)19-10-5-2-6-11-19)23(28)25(17-20-12-7-15-29-20)16-18-8-3-1-4-9-18/h1-15H,16-17H2. The summed E-state index contributed by atoms with van der Waals surface area (Å²) in [4.78, 5) is 27.2. The van der Waals surface area contributed by atoms with Gasteiger partial charge in [-0.2, -0.15) is 9.78 Å². The molecule has 6 nitrogen and oxygen atoms in total. The van der Waals surface area contributed by atoms with Crippen molar-refractivity contribution in [3.8, 4) is 5.69 Å². The second-order valence-corrected chi connectivity index (χ2v) is 6.53. The number of carbonyl (C=O) groups is 1. The molecule has 2 heterocycles. The van der Waals surface area contributed by atoms with E-state index in [0.717, 1.165) is 5.56 Å². The first-order valence-electron chi connectivity index (χ1n) is 9.22. The normalized spacial score (nSPS) is 10.6. The first kappa shape index (κ1) is 18.4. The summed E-state index contributed by atoms with van der Waals surface area (Å²) < 4.78 is 6.67. The molecule has 0 saturated heterocycles. The van der Waals surface area contributed by atoms with Crippen LogP contribution in [0.25, 0.3) is 5.69 Å². The number of furan rings is 1. The molecule has 0 saturated carbocycles. The van der Waals surface area contributed by atoms with Crippen LogP contribution in [0.15, 0.2) is 100 Å². The molecule has 1 amide bonds. The molecular weight excluding hydrogens is 366 g/mol. The molecule has 6 heteroatoms. The second kappa shape index (κ2) is 8.39. The molecular formula is C23H19N3O3. The summed E-state index contributed by atoms with van der Waals surface area (Å²) in [5, 5.41) is 4.32. The lowest BCUT2D eigenvalue weighted by Crippen LogP contribution is -2.33. The molecule has 0 aliphatic carbocycles. The Hall–Kier alpha value is -3.93. The number of rotatable bonds is 6. The maximum absolute atomic E-state index is 13.3. The fourth-order valence-corrected chi connectivity index (χ4v) is 3.04. The maximum Gasteiger partial charge on any atom is 0.275 e. The Balaban J connectivity index is 1.67. The zero-order valence-corrected chi connectivity index (χ0v) is 15.6. The number of nitrogens with zero attached hydrogens (tertiary/aromatic N) is 3. The Bertz CT molecular complexity index is 1140. The van der Waals surface area contributed by atoms with E-state index in [0.29, 0.717) is 24.5 Å². The quantitative estimate of drug-likeness (QED) is 0.508. The van der Waals surface area contributed by atoms with Gasteiger partial charge in [0, 0.05) is 12.6 Å². The molecule has 0 radical (unpaired) electrons. The average Bonchev–Trinajstić information content (AvgIpc) is 3.28. The topological polar surface area (TPSA) is 68.3 Å². The van der Waals surface area contributed by atoms with E-state index in [9.17, 15) is 9.59 Å². The number of hydrogen-bond acceptors (Lipinski definition) is 4. The molecule has 29 heavy (non-hydrogen) atoms. The summed E-state index contributed by atoms with van der Waals surface area (Å²) in [5.74, 6) is 0.389. The van der Waals surface area contributed by atoms with Crippen molar-refractivity contribution in [3.05, 3.63) is 119 Å². The molecule has 0 N–H and O–H groups in total. The maximum atomic E-state index is 13.3. The molecule has 0 fully saturated rings. The number of carbonyl (C=O) groups excluding carboxylic acids is 1. The first-order chi connectivity index (χ1) is 14.2. The van der Waals surface area contributed by atoms with E-state index in [1.165, 1.54) is 16.8 Å². The Morgan fingerprint density at radius 1 is 0.862 bits per heavy atom. The largest absolute Gasteiger partial charge is 0.467 e. The van der Waals surface area contributed by atoms with Crippen molar-refractivity contribution < 1.29 is 9.21 Å². The number of amides is 1. The van der Waals surface area contributed by atoms with Crippen LogP contribution >= 0.6 is 0 Å². The van der Waals surface area contributed by atoms with Gasteiger partial charge in [0.05, 0.1) is 18.5 Å². The molecule has 2 aromatic carbocycles. The van der Waals surface area contributed by atoms with E-state index in [-0.39, 0.29) is 17.2 Å². The van der Waals surface area contributed by atoms with E-state index >= 15 is 0 Å². The minimum Gasteiger partial charge on any atom is -0.467 e. The molecule has 4 rings (SSSR count). The summed E-state index contributed by atoms with van der Waals surface area (Å²) in [6, 6.07) is 25.2. The van der Waals surface area contributed by atoms with Crippen LogP contribution in [-0.2, 0) is 13.1 Å². The fraction of sp³-hybridized carbons (Fsp3) is 0.0870. The van der Waals surface area contributed by atoms with Gasteiger partial charge in [-0.15, -0.1) is 0 Å². The molecule has 0 aliphatic heterocycles. The van der Waals surface area contributed by atoms with Crippen LogP contribution in [0.4, 0.5) is 0 Å². The summed E-state index contributed by atoms with van der Waals surface area (Å²) in [6.07, 6.45) is 1.58. The van der Waals surface area contributed by atoms with Gasteiger partial charge < -0.3 is 9.32 Å². The van der Waals surface area contributed by atoms with Gasteiger partial charge >= 0.3 is 0 Å². The molecule has 4 aromatic rings. The van der Waals surface area contributed by atoms with Crippen molar-refractivity contribution in [1.82, 2.24) is 14.7 Å². The van der Waals surface area contributed by atoms with Crippen molar-refractivity contribution in [2.24, 2.45) is 0 Å². The van der Waals surface area contributed by atoms with Crippen LogP contribution < -0.4 is 5.56 Å². The summed E-state index contributed by atoms with van der Waals surface area (Å²) >= 11 is 0. The van der Waals surface area contributed by atoms with Crippen LogP contribution in [0.5, 0.6) is 0 Å². The van der Waals surface area contributed by atoms with Gasteiger partial charge in [-0.1, -0.05) is 48.5 Å². The second-order valence-electron chi connectivity index (χ2n) is 6.53. The average molecular weight is 385 g/mol. The Labute approximate surface area is 167 Å². The highest BCUT2D eigenvalue weighted by Crippen LogP contribution is 2.14. The van der Waals surface area contributed by atoms with Gasteiger partial charge in [-0.3, -0.25) is 9.59 Å². The monoisotopic (exact) mass is 385 g/mol. The molecule has 0 unspecified atom stereocenters. The summed E-state index contributed by atoms with van der Waals surface area (Å²) in [6.45, 7) is 0.694. The minimum atomic E-state index is -0.298. The molecule has 0 spiro atoms. The highest BCUT2D eigenvalue weighted by molar-refractivity contribution is 5.92. The highest BCUT2D eigenvalue weighted by Gasteiger charge is 2.20. The zero-order chi connectivity index (χ0) is 20.1. The third-order valence-electron chi connectivity index (χ3n) is 4.45. The molecule has 144 valence electrons. The SMILES string of the molecule is O=C(c1ccc(=O)n(-c2ccccc2)n1)N(Cc1ccccc1)Cc1ccco1. The van der Waals surface area contributed by atoms with Gasteiger partial charge in [0.2, 0.25) is 0 Å². The Morgan fingerprint density at radius 2 is 1.59 bits per heavy atom. The van der Waals surface area contributed by atoms with Gasteiger partial charge in [-0.05, 0) is 35.9 Å². The van der Waals surface area contributed by atoms with Crippen LogP contribution in [0.3, 0.4) is 0 Å². The predicted octanol–water partition coefficient (Wildman–Crippen LogP) is 3.67. The van der Waals surface area contributed by atoms with Gasteiger partial charge in [0.25, 0.3) is 11.5 Å². The van der Waals surface area contributed by atoms with Gasteiger partial charge in [-0.25, -0.2) is 0 Å². The van der Waals surface area contributed by atoms with Crippen LogP contribution in [0.2, 0.25) is 0 Å².